The van der Waals surface area contributed by atoms with Crippen LogP contribution < -0.4 is 0 Å². The zero-order chi connectivity index (χ0) is 15.9. The van der Waals surface area contributed by atoms with Crippen molar-refractivity contribution in [2.24, 2.45) is 10.9 Å². The van der Waals surface area contributed by atoms with Gasteiger partial charge in [-0.1, -0.05) is 60.7 Å². The summed E-state index contributed by atoms with van der Waals surface area (Å²) in [5.41, 5.74) is 2.89. The third kappa shape index (κ3) is 4.01. The molecule has 120 valence electrons. The molecule has 0 aliphatic carbocycles. The molecule has 1 aliphatic rings. The Hall–Kier alpha value is -2.09. The van der Waals surface area contributed by atoms with E-state index >= 15 is 0 Å². The topological polar surface area (TPSA) is 15.6 Å². The highest BCUT2D eigenvalue weighted by atomic mass is 15.1. The zero-order valence-electron chi connectivity index (χ0n) is 13.9. The summed E-state index contributed by atoms with van der Waals surface area (Å²) in [4.78, 5) is 6.75. The van der Waals surface area contributed by atoms with Gasteiger partial charge in [0.25, 0.3) is 0 Å². The molecule has 23 heavy (non-hydrogen) atoms. The average molecular weight is 306 g/mol. The van der Waals surface area contributed by atoms with Crippen LogP contribution in [0.4, 0.5) is 0 Å². The van der Waals surface area contributed by atoms with Gasteiger partial charge in [-0.05, 0) is 36.8 Å². The maximum absolute atomic E-state index is 4.38. The molecule has 0 radical (unpaired) electrons. The summed E-state index contributed by atoms with van der Waals surface area (Å²) in [7, 11) is 0. The van der Waals surface area contributed by atoms with E-state index in [2.05, 4.69) is 77.5 Å². The number of likely N-dealkylation sites (tertiary alicyclic amines) is 1. The SMILES string of the molecule is CC/N=C/N1CCC(C(c2ccccc2)c2ccccc2)CC1. The molecule has 1 aliphatic heterocycles. The van der Waals surface area contributed by atoms with E-state index in [1.807, 2.05) is 6.34 Å². The molecule has 1 saturated heterocycles. The lowest BCUT2D eigenvalue weighted by Crippen LogP contribution is -2.35. The maximum atomic E-state index is 4.38. The van der Waals surface area contributed by atoms with E-state index in [1.54, 1.807) is 0 Å². The lowest BCUT2D eigenvalue weighted by Gasteiger charge is -2.36. The first-order valence-corrected chi connectivity index (χ1v) is 8.72. The van der Waals surface area contributed by atoms with Crippen molar-refractivity contribution < 1.29 is 0 Å². The van der Waals surface area contributed by atoms with Crippen LogP contribution in [0.25, 0.3) is 0 Å². The van der Waals surface area contributed by atoms with Crippen LogP contribution in [0.2, 0.25) is 0 Å². The minimum absolute atomic E-state index is 0.502. The molecule has 3 rings (SSSR count). The monoisotopic (exact) mass is 306 g/mol. The number of aliphatic imine (C=N–C) groups is 1. The molecule has 2 aromatic rings. The zero-order valence-corrected chi connectivity index (χ0v) is 13.9. The number of piperidine rings is 1. The fourth-order valence-corrected chi connectivity index (χ4v) is 3.62. The van der Waals surface area contributed by atoms with Crippen molar-refractivity contribution in [3.8, 4) is 0 Å². The lowest BCUT2D eigenvalue weighted by molar-refractivity contribution is 0.254. The second-order valence-electron chi connectivity index (χ2n) is 6.29. The van der Waals surface area contributed by atoms with Crippen LogP contribution in [0.1, 0.15) is 36.8 Å². The van der Waals surface area contributed by atoms with Crippen LogP contribution in [-0.4, -0.2) is 30.9 Å². The van der Waals surface area contributed by atoms with Gasteiger partial charge < -0.3 is 4.90 Å². The second kappa shape index (κ2) is 7.96. The fourth-order valence-electron chi connectivity index (χ4n) is 3.62. The molecule has 0 aromatic heterocycles. The van der Waals surface area contributed by atoms with Crippen LogP contribution in [-0.2, 0) is 0 Å². The third-order valence-electron chi connectivity index (χ3n) is 4.79. The summed E-state index contributed by atoms with van der Waals surface area (Å²) in [6.07, 6.45) is 4.49. The van der Waals surface area contributed by atoms with E-state index < -0.39 is 0 Å². The van der Waals surface area contributed by atoms with Crippen molar-refractivity contribution >= 4 is 6.34 Å². The Balaban J connectivity index is 1.79. The van der Waals surface area contributed by atoms with Crippen molar-refractivity contribution in [1.29, 1.82) is 0 Å². The van der Waals surface area contributed by atoms with E-state index in [1.165, 1.54) is 24.0 Å². The Labute approximate surface area is 139 Å². The van der Waals surface area contributed by atoms with Gasteiger partial charge in [0.2, 0.25) is 0 Å². The molecule has 2 heteroatoms. The van der Waals surface area contributed by atoms with Crippen LogP contribution in [0.15, 0.2) is 65.7 Å². The first-order valence-electron chi connectivity index (χ1n) is 8.72. The van der Waals surface area contributed by atoms with Crippen LogP contribution in [0.5, 0.6) is 0 Å². The first kappa shape index (κ1) is 15.8. The second-order valence-corrected chi connectivity index (χ2v) is 6.29. The van der Waals surface area contributed by atoms with Crippen LogP contribution in [0, 0.1) is 5.92 Å². The fraction of sp³-hybridized carbons (Fsp3) is 0.381. The third-order valence-corrected chi connectivity index (χ3v) is 4.79. The van der Waals surface area contributed by atoms with Gasteiger partial charge in [-0.2, -0.15) is 0 Å². The van der Waals surface area contributed by atoms with Gasteiger partial charge in [-0.15, -0.1) is 0 Å². The predicted octanol–water partition coefficient (Wildman–Crippen LogP) is 4.58. The largest absolute Gasteiger partial charge is 0.363 e. The average Bonchev–Trinajstić information content (AvgIpc) is 2.63. The number of hydrogen-bond acceptors (Lipinski definition) is 1. The predicted molar refractivity (Wildman–Crippen MR) is 98.1 cm³/mol. The maximum Gasteiger partial charge on any atom is 0.0849 e. The number of rotatable bonds is 5. The van der Waals surface area contributed by atoms with Crippen molar-refractivity contribution in [2.45, 2.75) is 25.7 Å². The molecule has 0 saturated carbocycles. The smallest absolute Gasteiger partial charge is 0.0849 e. The van der Waals surface area contributed by atoms with E-state index in [-0.39, 0.29) is 0 Å². The van der Waals surface area contributed by atoms with E-state index in [4.69, 9.17) is 0 Å². The Morgan fingerprint density at radius 2 is 1.48 bits per heavy atom. The van der Waals surface area contributed by atoms with E-state index in [0.717, 1.165) is 19.6 Å². The van der Waals surface area contributed by atoms with Crippen LogP contribution >= 0.6 is 0 Å². The van der Waals surface area contributed by atoms with Crippen molar-refractivity contribution in [1.82, 2.24) is 4.90 Å². The summed E-state index contributed by atoms with van der Waals surface area (Å²) in [5, 5.41) is 0. The summed E-state index contributed by atoms with van der Waals surface area (Å²) >= 11 is 0. The van der Waals surface area contributed by atoms with E-state index in [0.29, 0.717) is 11.8 Å². The molecule has 0 bridgehead atoms. The molecule has 2 nitrogen and oxygen atoms in total. The highest BCUT2D eigenvalue weighted by molar-refractivity contribution is 5.55. The van der Waals surface area contributed by atoms with Crippen molar-refractivity contribution in [3.05, 3.63) is 71.8 Å². The van der Waals surface area contributed by atoms with Gasteiger partial charge in [0.15, 0.2) is 0 Å². The molecule has 1 fully saturated rings. The summed E-state index contributed by atoms with van der Waals surface area (Å²) in [6.45, 7) is 5.19. The van der Waals surface area contributed by atoms with Gasteiger partial charge in [-0.25, -0.2) is 0 Å². The first-order chi connectivity index (χ1) is 11.4. The quantitative estimate of drug-likeness (QED) is 0.583. The van der Waals surface area contributed by atoms with E-state index in [9.17, 15) is 0 Å². The molecule has 0 N–H and O–H groups in total. The lowest BCUT2D eigenvalue weighted by atomic mass is 9.76. The minimum atomic E-state index is 0.502. The number of nitrogens with zero attached hydrogens (tertiary/aromatic N) is 2. The minimum Gasteiger partial charge on any atom is -0.363 e. The molecule has 0 spiro atoms. The molecule has 2 aromatic carbocycles. The Morgan fingerprint density at radius 3 is 1.96 bits per heavy atom. The Morgan fingerprint density at radius 1 is 0.957 bits per heavy atom. The van der Waals surface area contributed by atoms with Crippen molar-refractivity contribution in [2.75, 3.05) is 19.6 Å². The molecular weight excluding hydrogens is 280 g/mol. The Kier molecular flexibility index (Phi) is 5.46. The molecule has 0 atom stereocenters. The van der Waals surface area contributed by atoms with Gasteiger partial charge in [0, 0.05) is 25.6 Å². The number of benzene rings is 2. The molecule has 0 unspecified atom stereocenters. The van der Waals surface area contributed by atoms with Crippen molar-refractivity contribution in [3.63, 3.8) is 0 Å². The normalized spacial score (nSPS) is 16.3. The van der Waals surface area contributed by atoms with Crippen LogP contribution in [0.3, 0.4) is 0 Å². The van der Waals surface area contributed by atoms with Gasteiger partial charge in [-0.3, -0.25) is 4.99 Å². The van der Waals surface area contributed by atoms with Gasteiger partial charge in [0.1, 0.15) is 0 Å². The number of hydrogen-bond donors (Lipinski definition) is 0. The van der Waals surface area contributed by atoms with Gasteiger partial charge >= 0.3 is 0 Å². The summed E-state index contributed by atoms with van der Waals surface area (Å²) in [6, 6.07) is 22.0. The highest BCUT2D eigenvalue weighted by Gasteiger charge is 2.28. The summed E-state index contributed by atoms with van der Waals surface area (Å²) < 4.78 is 0. The summed E-state index contributed by atoms with van der Waals surface area (Å²) in [5.74, 6) is 1.20. The molecule has 1 heterocycles. The van der Waals surface area contributed by atoms with Gasteiger partial charge in [0.05, 0.1) is 6.34 Å². The standard InChI is InChI=1S/C21H26N2/c1-2-22-17-23-15-13-20(14-16-23)21(18-9-5-3-6-10-18)19-11-7-4-8-12-19/h3-12,17,20-21H,2,13-16H2,1H3/b22-17+. The highest BCUT2D eigenvalue weighted by Crippen LogP contribution is 2.37. The molecule has 0 amide bonds. The molecular formula is C21H26N2. The Bertz CT molecular complexity index is 559.